The van der Waals surface area contributed by atoms with E-state index in [-0.39, 0.29) is 31.0 Å². The van der Waals surface area contributed by atoms with Gasteiger partial charge in [-0.25, -0.2) is 0 Å². The van der Waals surface area contributed by atoms with Crippen molar-refractivity contribution in [2.24, 2.45) is 11.7 Å². The summed E-state index contributed by atoms with van der Waals surface area (Å²) in [6.07, 6.45) is 2.14. The molecule has 5 heteroatoms. The number of rotatable bonds is 4. The Morgan fingerprint density at radius 1 is 1.35 bits per heavy atom. The van der Waals surface area contributed by atoms with Crippen LogP contribution >= 0.6 is 12.4 Å². The van der Waals surface area contributed by atoms with Gasteiger partial charge in [-0.1, -0.05) is 17.7 Å². The maximum atomic E-state index is 12.4. The van der Waals surface area contributed by atoms with Crippen LogP contribution in [0, 0.1) is 26.7 Å². The second kappa shape index (κ2) is 8.55. The van der Waals surface area contributed by atoms with Crippen LogP contribution in [0.2, 0.25) is 0 Å². The lowest BCUT2D eigenvalue weighted by Gasteiger charge is -2.34. The predicted octanol–water partition coefficient (Wildman–Crippen LogP) is 3.00. The average molecular weight is 341 g/mol. The maximum absolute atomic E-state index is 12.4. The van der Waals surface area contributed by atoms with E-state index in [9.17, 15) is 4.79 Å². The van der Waals surface area contributed by atoms with Crippen molar-refractivity contribution < 1.29 is 9.53 Å². The fraction of sp³-hybridized carbons (Fsp3) is 0.611. The lowest BCUT2D eigenvalue weighted by molar-refractivity contribution is -0.135. The molecule has 2 rings (SSSR count). The zero-order valence-electron chi connectivity index (χ0n) is 14.6. The number of piperidine rings is 1. The molecular weight excluding hydrogens is 312 g/mol. The van der Waals surface area contributed by atoms with Crippen molar-refractivity contribution >= 4 is 18.3 Å². The molecule has 0 spiro atoms. The van der Waals surface area contributed by atoms with Crippen LogP contribution in [-0.4, -0.2) is 36.5 Å². The van der Waals surface area contributed by atoms with Crippen LogP contribution < -0.4 is 10.5 Å². The van der Waals surface area contributed by atoms with Gasteiger partial charge in [0.05, 0.1) is 0 Å². The van der Waals surface area contributed by atoms with Crippen LogP contribution in [0.4, 0.5) is 0 Å². The number of benzene rings is 1. The number of halogens is 1. The smallest absolute Gasteiger partial charge is 0.260 e. The quantitative estimate of drug-likeness (QED) is 0.916. The number of aryl methyl sites for hydroxylation is 3. The van der Waals surface area contributed by atoms with Crippen molar-refractivity contribution in [1.29, 1.82) is 0 Å². The summed E-state index contributed by atoms with van der Waals surface area (Å²) in [6.45, 7) is 9.81. The van der Waals surface area contributed by atoms with Crippen LogP contribution in [0.25, 0.3) is 0 Å². The van der Waals surface area contributed by atoms with Crippen LogP contribution in [0.5, 0.6) is 5.75 Å². The maximum Gasteiger partial charge on any atom is 0.260 e. The molecule has 1 saturated heterocycles. The van der Waals surface area contributed by atoms with Crippen LogP contribution in [0.3, 0.4) is 0 Å². The van der Waals surface area contributed by atoms with Crippen molar-refractivity contribution in [1.82, 2.24) is 4.90 Å². The molecule has 23 heavy (non-hydrogen) atoms. The normalized spacial score (nSPS) is 19.0. The van der Waals surface area contributed by atoms with Gasteiger partial charge in [-0.05, 0) is 57.6 Å². The summed E-state index contributed by atoms with van der Waals surface area (Å²) in [6, 6.07) is 4.30. The van der Waals surface area contributed by atoms with Gasteiger partial charge in [-0.2, -0.15) is 0 Å². The fourth-order valence-corrected chi connectivity index (χ4v) is 3.29. The molecule has 1 fully saturated rings. The third-order valence-corrected chi connectivity index (χ3v) is 4.50. The Kier molecular flexibility index (Phi) is 7.36. The molecular formula is C18H29ClN2O2. The molecule has 1 aliphatic rings. The molecule has 1 aliphatic heterocycles. The van der Waals surface area contributed by atoms with E-state index in [4.69, 9.17) is 10.5 Å². The van der Waals surface area contributed by atoms with Gasteiger partial charge in [0.1, 0.15) is 5.75 Å². The van der Waals surface area contributed by atoms with E-state index >= 15 is 0 Å². The second-order valence-corrected chi connectivity index (χ2v) is 6.62. The molecule has 1 aromatic carbocycles. The zero-order valence-corrected chi connectivity index (χ0v) is 15.4. The first-order valence-corrected chi connectivity index (χ1v) is 8.12. The number of nitrogens with two attached hydrogens (primary N) is 1. The predicted molar refractivity (Wildman–Crippen MR) is 96.3 cm³/mol. The molecule has 0 aliphatic carbocycles. The third-order valence-electron chi connectivity index (χ3n) is 4.50. The van der Waals surface area contributed by atoms with Crippen molar-refractivity contribution in [3.05, 3.63) is 28.8 Å². The topological polar surface area (TPSA) is 55.6 Å². The van der Waals surface area contributed by atoms with Gasteiger partial charge in [0.2, 0.25) is 0 Å². The van der Waals surface area contributed by atoms with E-state index in [0.29, 0.717) is 5.92 Å². The van der Waals surface area contributed by atoms with E-state index in [1.54, 1.807) is 0 Å². The zero-order chi connectivity index (χ0) is 16.3. The SMILES string of the molecule is Cc1cc(C)c(OCC(=O)N2CCCC(C(C)N)C2)c(C)c1.Cl. The monoisotopic (exact) mass is 340 g/mol. The Bertz CT molecular complexity index is 523. The molecule has 0 aromatic heterocycles. The van der Waals surface area contributed by atoms with Gasteiger partial charge >= 0.3 is 0 Å². The van der Waals surface area contributed by atoms with Gasteiger partial charge in [-0.3, -0.25) is 4.79 Å². The summed E-state index contributed by atoms with van der Waals surface area (Å²) in [5, 5.41) is 0. The molecule has 2 unspecified atom stereocenters. The number of carbonyl (C=O) groups is 1. The highest BCUT2D eigenvalue weighted by Crippen LogP contribution is 2.25. The molecule has 1 amide bonds. The van der Waals surface area contributed by atoms with Crippen LogP contribution in [-0.2, 0) is 4.79 Å². The molecule has 1 aromatic rings. The molecule has 0 radical (unpaired) electrons. The summed E-state index contributed by atoms with van der Waals surface area (Å²) >= 11 is 0. The largest absolute Gasteiger partial charge is 0.483 e. The van der Waals surface area contributed by atoms with E-state index in [0.717, 1.165) is 42.8 Å². The number of likely N-dealkylation sites (tertiary alicyclic amines) is 1. The minimum Gasteiger partial charge on any atom is -0.483 e. The van der Waals surface area contributed by atoms with Gasteiger partial charge in [0.25, 0.3) is 5.91 Å². The van der Waals surface area contributed by atoms with Gasteiger partial charge < -0.3 is 15.4 Å². The summed E-state index contributed by atoms with van der Waals surface area (Å²) in [4.78, 5) is 14.3. The average Bonchev–Trinajstić information content (AvgIpc) is 2.46. The molecule has 0 saturated carbocycles. The highest BCUT2D eigenvalue weighted by atomic mass is 35.5. The Morgan fingerprint density at radius 3 is 2.52 bits per heavy atom. The number of hydrogen-bond acceptors (Lipinski definition) is 3. The number of carbonyl (C=O) groups excluding carboxylic acids is 1. The summed E-state index contributed by atoms with van der Waals surface area (Å²) in [5.41, 5.74) is 9.35. The highest BCUT2D eigenvalue weighted by Gasteiger charge is 2.26. The van der Waals surface area contributed by atoms with Crippen molar-refractivity contribution in [2.75, 3.05) is 19.7 Å². The van der Waals surface area contributed by atoms with Crippen molar-refractivity contribution in [2.45, 2.75) is 46.6 Å². The van der Waals surface area contributed by atoms with E-state index in [1.807, 2.05) is 25.7 Å². The Labute approximate surface area is 145 Å². The highest BCUT2D eigenvalue weighted by molar-refractivity contribution is 5.85. The Morgan fingerprint density at radius 2 is 1.96 bits per heavy atom. The van der Waals surface area contributed by atoms with Gasteiger partial charge in [0, 0.05) is 19.1 Å². The lowest BCUT2D eigenvalue weighted by atomic mass is 9.92. The standard InChI is InChI=1S/C18H28N2O2.ClH/c1-12-8-13(2)18(14(3)9-12)22-11-17(21)20-7-5-6-16(10-20)15(4)19;/h8-9,15-16H,5-7,10-11,19H2,1-4H3;1H. The summed E-state index contributed by atoms with van der Waals surface area (Å²) < 4.78 is 5.81. The van der Waals surface area contributed by atoms with Gasteiger partial charge in [-0.15, -0.1) is 12.4 Å². The van der Waals surface area contributed by atoms with Crippen LogP contribution in [0.15, 0.2) is 12.1 Å². The van der Waals surface area contributed by atoms with E-state index < -0.39 is 0 Å². The van der Waals surface area contributed by atoms with E-state index in [1.165, 1.54) is 5.56 Å². The number of hydrogen-bond donors (Lipinski definition) is 1. The number of nitrogens with zero attached hydrogens (tertiary/aromatic N) is 1. The Balaban J connectivity index is 0.00000264. The van der Waals surface area contributed by atoms with E-state index in [2.05, 4.69) is 19.1 Å². The fourth-order valence-electron chi connectivity index (χ4n) is 3.29. The molecule has 0 bridgehead atoms. The first-order valence-electron chi connectivity index (χ1n) is 8.12. The minimum atomic E-state index is 0. The molecule has 2 atom stereocenters. The minimum absolute atomic E-state index is 0. The second-order valence-electron chi connectivity index (χ2n) is 6.62. The number of ether oxygens (including phenoxy) is 1. The molecule has 130 valence electrons. The lowest BCUT2D eigenvalue weighted by Crippen LogP contribution is -2.46. The first-order chi connectivity index (χ1) is 10.4. The Hall–Kier alpha value is -1.26. The van der Waals surface area contributed by atoms with Gasteiger partial charge in [0.15, 0.2) is 6.61 Å². The van der Waals surface area contributed by atoms with Crippen LogP contribution in [0.1, 0.15) is 36.5 Å². The van der Waals surface area contributed by atoms with Crippen molar-refractivity contribution in [3.63, 3.8) is 0 Å². The summed E-state index contributed by atoms with van der Waals surface area (Å²) in [7, 11) is 0. The first kappa shape index (κ1) is 19.8. The number of amides is 1. The third kappa shape index (κ3) is 5.11. The molecule has 4 nitrogen and oxygen atoms in total. The summed E-state index contributed by atoms with van der Waals surface area (Å²) in [5.74, 6) is 1.30. The van der Waals surface area contributed by atoms with Crippen molar-refractivity contribution in [3.8, 4) is 5.75 Å². The molecule has 1 heterocycles. The molecule has 2 N–H and O–H groups in total.